The van der Waals surface area contributed by atoms with Gasteiger partial charge in [-0.25, -0.2) is 0 Å². The van der Waals surface area contributed by atoms with Crippen LogP contribution in [-0.4, -0.2) is 0 Å². The van der Waals surface area contributed by atoms with Crippen molar-refractivity contribution in [1.29, 1.82) is 0 Å². The van der Waals surface area contributed by atoms with Crippen LogP contribution in [0.4, 0.5) is 0 Å². The first-order valence-corrected chi connectivity index (χ1v) is 7.79. The van der Waals surface area contributed by atoms with Crippen LogP contribution in [0.25, 0.3) is 0 Å². The highest BCUT2D eigenvalue weighted by atomic mass is 14.3. The topological polar surface area (TPSA) is 0 Å². The minimum absolute atomic E-state index is 0.0756. The average Bonchev–Trinajstić information content (AvgIpc) is 2.47. The lowest BCUT2D eigenvalue weighted by Gasteiger charge is -2.28. The van der Waals surface area contributed by atoms with E-state index in [1.165, 1.54) is 16.7 Å². The molecule has 0 spiro atoms. The number of benzene rings is 1. The summed E-state index contributed by atoms with van der Waals surface area (Å²) < 4.78 is 0. The zero-order chi connectivity index (χ0) is 16.6. The van der Waals surface area contributed by atoms with E-state index >= 15 is 0 Å². The minimum atomic E-state index is -0.0756. The maximum absolute atomic E-state index is 4.13. The Kier molecular flexibility index (Phi) is 6.85. The van der Waals surface area contributed by atoms with Crippen molar-refractivity contribution in [3.8, 4) is 0 Å². The zero-order valence-electron chi connectivity index (χ0n) is 14.2. The SMILES string of the molecule is C=CCC(=C)/C=C(\C=C/C)C(C)(C)c1cccc(CC=C)c1. The molecule has 0 aliphatic rings. The Balaban J connectivity index is 3.26. The predicted molar refractivity (Wildman–Crippen MR) is 100 cm³/mol. The molecule has 0 aliphatic heterocycles. The molecule has 0 N–H and O–H groups in total. The molecule has 0 atom stereocenters. The van der Waals surface area contributed by atoms with Gasteiger partial charge in [-0.1, -0.05) is 80.6 Å². The van der Waals surface area contributed by atoms with Gasteiger partial charge in [0.1, 0.15) is 0 Å². The molecule has 22 heavy (non-hydrogen) atoms. The maximum Gasteiger partial charge on any atom is 0.0146 e. The molecule has 0 unspecified atom stereocenters. The first-order chi connectivity index (χ1) is 10.5. The lowest BCUT2D eigenvalue weighted by Crippen LogP contribution is -2.20. The molecule has 0 radical (unpaired) electrons. The van der Waals surface area contributed by atoms with Crippen LogP contribution in [0, 0.1) is 0 Å². The lowest BCUT2D eigenvalue weighted by molar-refractivity contribution is 0.637. The molecular formula is C22H28. The van der Waals surface area contributed by atoms with Gasteiger partial charge in [-0.15, -0.1) is 13.2 Å². The standard InChI is InChI=1S/C22H28/c1-7-11-18(4)16-20(13-9-3)22(5,6)21-15-10-14-19(17-21)12-8-2/h7-10,13-17H,1-2,4,11-12H2,3,5-6H3/b13-9-,20-16+. The Labute approximate surface area is 136 Å². The van der Waals surface area contributed by atoms with Crippen LogP contribution in [0.5, 0.6) is 0 Å². The maximum atomic E-state index is 4.13. The van der Waals surface area contributed by atoms with E-state index in [1.54, 1.807) is 0 Å². The van der Waals surface area contributed by atoms with Gasteiger partial charge in [0, 0.05) is 5.41 Å². The molecule has 1 aromatic rings. The van der Waals surface area contributed by atoms with Crippen molar-refractivity contribution in [2.75, 3.05) is 0 Å². The molecule has 0 aromatic heterocycles. The van der Waals surface area contributed by atoms with E-state index in [-0.39, 0.29) is 5.41 Å². The molecule has 1 rings (SSSR count). The number of rotatable bonds is 8. The molecule has 0 saturated carbocycles. The number of allylic oxidation sites excluding steroid dienone is 7. The fourth-order valence-electron chi connectivity index (χ4n) is 2.50. The summed E-state index contributed by atoms with van der Waals surface area (Å²) in [5, 5.41) is 0. The van der Waals surface area contributed by atoms with Crippen molar-refractivity contribution in [2.45, 2.75) is 39.0 Å². The van der Waals surface area contributed by atoms with Crippen molar-refractivity contribution < 1.29 is 0 Å². The van der Waals surface area contributed by atoms with Gasteiger partial charge in [-0.3, -0.25) is 0 Å². The molecule has 0 saturated heterocycles. The molecule has 0 bridgehead atoms. The summed E-state index contributed by atoms with van der Waals surface area (Å²) in [5.41, 5.74) is 4.87. The van der Waals surface area contributed by atoms with Crippen LogP contribution in [0.15, 0.2) is 85.5 Å². The summed E-state index contributed by atoms with van der Waals surface area (Å²) >= 11 is 0. The summed E-state index contributed by atoms with van der Waals surface area (Å²) in [4.78, 5) is 0. The normalized spacial score (nSPS) is 12.4. The van der Waals surface area contributed by atoms with Crippen molar-refractivity contribution >= 4 is 0 Å². The van der Waals surface area contributed by atoms with Crippen LogP contribution in [0.3, 0.4) is 0 Å². The minimum Gasteiger partial charge on any atom is -0.103 e. The van der Waals surface area contributed by atoms with E-state index in [0.29, 0.717) is 0 Å². The van der Waals surface area contributed by atoms with E-state index in [4.69, 9.17) is 0 Å². The summed E-state index contributed by atoms with van der Waals surface area (Å²) in [6.45, 7) is 18.3. The van der Waals surface area contributed by atoms with E-state index in [9.17, 15) is 0 Å². The van der Waals surface area contributed by atoms with Gasteiger partial charge in [0.15, 0.2) is 0 Å². The molecule has 0 nitrogen and oxygen atoms in total. The van der Waals surface area contributed by atoms with Gasteiger partial charge in [0.2, 0.25) is 0 Å². The van der Waals surface area contributed by atoms with Gasteiger partial charge < -0.3 is 0 Å². The smallest absolute Gasteiger partial charge is 0.0146 e. The van der Waals surface area contributed by atoms with Crippen LogP contribution < -0.4 is 0 Å². The third-order valence-electron chi connectivity index (χ3n) is 3.86. The number of hydrogen-bond donors (Lipinski definition) is 0. The fourth-order valence-corrected chi connectivity index (χ4v) is 2.50. The Morgan fingerprint density at radius 2 is 1.91 bits per heavy atom. The van der Waals surface area contributed by atoms with E-state index < -0.39 is 0 Å². The van der Waals surface area contributed by atoms with Gasteiger partial charge in [0.25, 0.3) is 0 Å². The first kappa shape index (κ1) is 18.0. The highest BCUT2D eigenvalue weighted by Gasteiger charge is 2.24. The average molecular weight is 292 g/mol. The second-order valence-corrected chi connectivity index (χ2v) is 6.07. The molecular weight excluding hydrogens is 264 g/mol. The Bertz CT molecular complexity index is 594. The number of hydrogen-bond acceptors (Lipinski definition) is 0. The molecule has 0 fully saturated rings. The molecule has 0 heteroatoms. The highest BCUT2D eigenvalue weighted by Crippen LogP contribution is 2.34. The molecule has 1 aromatic carbocycles. The van der Waals surface area contributed by atoms with Crippen molar-refractivity contribution in [1.82, 2.24) is 0 Å². The van der Waals surface area contributed by atoms with Gasteiger partial charge in [-0.05, 0) is 36.5 Å². The summed E-state index contributed by atoms with van der Waals surface area (Å²) in [6.07, 6.45) is 12.0. The fraction of sp³-hybridized carbons (Fsp3) is 0.273. The van der Waals surface area contributed by atoms with Crippen LogP contribution in [0.1, 0.15) is 38.3 Å². The Morgan fingerprint density at radius 1 is 1.18 bits per heavy atom. The zero-order valence-corrected chi connectivity index (χ0v) is 14.2. The van der Waals surface area contributed by atoms with Crippen molar-refractivity contribution in [3.63, 3.8) is 0 Å². The van der Waals surface area contributed by atoms with Gasteiger partial charge in [0.05, 0.1) is 0 Å². The Hall–Kier alpha value is -2.08. The second-order valence-electron chi connectivity index (χ2n) is 6.07. The largest absolute Gasteiger partial charge is 0.103 e. The quantitative estimate of drug-likeness (QED) is 0.388. The second kappa shape index (κ2) is 8.38. The monoisotopic (exact) mass is 292 g/mol. The third-order valence-corrected chi connectivity index (χ3v) is 3.86. The molecule has 116 valence electrons. The predicted octanol–water partition coefficient (Wildman–Crippen LogP) is 6.33. The van der Waals surface area contributed by atoms with Crippen LogP contribution >= 0.6 is 0 Å². The molecule has 0 heterocycles. The van der Waals surface area contributed by atoms with E-state index in [2.05, 4.69) is 76.1 Å². The van der Waals surface area contributed by atoms with Gasteiger partial charge in [-0.2, -0.15) is 0 Å². The third kappa shape index (κ3) is 4.73. The lowest BCUT2D eigenvalue weighted by atomic mass is 9.76. The summed E-state index contributed by atoms with van der Waals surface area (Å²) in [6, 6.07) is 8.74. The van der Waals surface area contributed by atoms with Crippen molar-refractivity contribution in [3.05, 3.63) is 96.7 Å². The van der Waals surface area contributed by atoms with E-state index in [1.807, 2.05) is 19.1 Å². The first-order valence-electron chi connectivity index (χ1n) is 7.79. The van der Waals surface area contributed by atoms with Crippen LogP contribution in [-0.2, 0) is 11.8 Å². The highest BCUT2D eigenvalue weighted by molar-refractivity contribution is 5.44. The summed E-state index contributed by atoms with van der Waals surface area (Å²) in [5.74, 6) is 0. The summed E-state index contributed by atoms with van der Waals surface area (Å²) in [7, 11) is 0. The molecule has 0 aliphatic carbocycles. The van der Waals surface area contributed by atoms with E-state index in [0.717, 1.165) is 18.4 Å². The van der Waals surface area contributed by atoms with Gasteiger partial charge >= 0.3 is 0 Å². The Morgan fingerprint density at radius 3 is 2.50 bits per heavy atom. The van der Waals surface area contributed by atoms with Crippen LogP contribution in [0.2, 0.25) is 0 Å². The van der Waals surface area contributed by atoms with Crippen molar-refractivity contribution in [2.24, 2.45) is 0 Å². The molecule has 0 amide bonds.